The molecule has 1 atom stereocenters. The summed E-state index contributed by atoms with van der Waals surface area (Å²) in [5, 5.41) is 3.23. The quantitative estimate of drug-likeness (QED) is 0.860. The van der Waals surface area contributed by atoms with Crippen LogP contribution in [-0.4, -0.2) is 31.1 Å². The summed E-state index contributed by atoms with van der Waals surface area (Å²) in [6.45, 7) is 3.11. The van der Waals surface area contributed by atoms with Gasteiger partial charge in [0.1, 0.15) is 5.82 Å². The smallest absolute Gasteiger partial charge is 0.166 e. The molecular weight excluding hydrogens is 301 g/mol. The molecule has 0 bridgehead atoms. The third-order valence-corrected chi connectivity index (χ3v) is 4.52. The fourth-order valence-electron chi connectivity index (χ4n) is 3.25. The van der Waals surface area contributed by atoms with E-state index in [1.807, 2.05) is 0 Å². The highest BCUT2D eigenvalue weighted by atomic mass is 35.5. The molecule has 1 heterocycles. The normalized spacial score (nSPS) is 21.5. The minimum Gasteiger partial charge on any atom is -0.314 e. The third kappa shape index (κ3) is 3.20. The second kappa shape index (κ2) is 6.99. The van der Waals surface area contributed by atoms with E-state index in [0.717, 1.165) is 57.6 Å². The predicted molar refractivity (Wildman–Crippen MR) is 78.1 cm³/mol. The summed E-state index contributed by atoms with van der Waals surface area (Å²) in [5.74, 6) is -2.36. The number of hydrogen-bond donors (Lipinski definition) is 1. The average molecular weight is 321 g/mol. The van der Waals surface area contributed by atoms with Crippen molar-refractivity contribution < 1.29 is 13.2 Å². The number of nitrogens with zero attached hydrogens (tertiary/aromatic N) is 1. The molecule has 1 aliphatic heterocycles. The SMILES string of the molecule is Cl.Fc1ccc(F)c([C@H](C2CCC2)N2CCNCC2)c1F. The van der Waals surface area contributed by atoms with Crippen molar-refractivity contribution in [3.8, 4) is 0 Å². The van der Waals surface area contributed by atoms with Crippen molar-refractivity contribution >= 4 is 12.4 Å². The average Bonchev–Trinajstić information content (AvgIpc) is 2.41. The summed E-state index contributed by atoms with van der Waals surface area (Å²) in [6, 6.07) is 1.58. The van der Waals surface area contributed by atoms with Crippen LogP contribution in [0.4, 0.5) is 13.2 Å². The zero-order chi connectivity index (χ0) is 14.1. The van der Waals surface area contributed by atoms with Gasteiger partial charge in [-0.15, -0.1) is 12.4 Å². The van der Waals surface area contributed by atoms with E-state index in [1.54, 1.807) is 0 Å². The first-order valence-corrected chi connectivity index (χ1v) is 7.26. The molecule has 2 nitrogen and oxygen atoms in total. The van der Waals surface area contributed by atoms with Crippen LogP contribution in [0.15, 0.2) is 12.1 Å². The summed E-state index contributed by atoms with van der Waals surface area (Å²) in [7, 11) is 0. The maximum atomic E-state index is 14.1. The van der Waals surface area contributed by atoms with E-state index in [0.29, 0.717) is 0 Å². The van der Waals surface area contributed by atoms with Crippen LogP contribution in [0.1, 0.15) is 30.9 Å². The molecule has 3 rings (SSSR count). The van der Waals surface area contributed by atoms with Gasteiger partial charge in [-0.25, -0.2) is 13.2 Å². The lowest BCUT2D eigenvalue weighted by molar-refractivity contribution is 0.0779. The van der Waals surface area contributed by atoms with Gasteiger partial charge in [-0.3, -0.25) is 4.90 Å². The summed E-state index contributed by atoms with van der Waals surface area (Å²) >= 11 is 0. The van der Waals surface area contributed by atoms with E-state index in [9.17, 15) is 13.2 Å². The van der Waals surface area contributed by atoms with E-state index in [1.165, 1.54) is 0 Å². The largest absolute Gasteiger partial charge is 0.314 e. The number of benzene rings is 1. The first kappa shape index (κ1) is 16.6. The van der Waals surface area contributed by atoms with Crippen molar-refractivity contribution in [3.05, 3.63) is 35.1 Å². The van der Waals surface area contributed by atoms with Crippen LogP contribution >= 0.6 is 12.4 Å². The lowest BCUT2D eigenvalue weighted by Gasteiger charge is -2.43. The minimum absolute atomic E-state index is 0. The molecule has 0 aromatic heterocycles. The number of piperazine rings is 1. The second-order valence-electron chi connectivity index (χ2n) is 5.68. The van der Waals surface area contributed by atoms with E-state index in [4.69, 9.17) is 0 Å². The standard InChI is InChI=1S/C15H19F3N2.ClH/c16-11-4-5-12(17)14(18)13(11)15(10-2-1-3-10)20-8-6-19-7-9-20;/h4-5,10,15,19H,1-3,6-9H2;1H/t15-;/m0./s1. The molecule has 0 radical (unpaired) electrons. The number of hydrogen-bond acceptors (Lipinski definition) is 2. The highest BCUT2D eigenvalue weighted by molar-refractivity contribution is 5.85. The molecule has 0 amide bonds. The van der Waals surface area contributed by atoms with E-state index in [-0.39, 0.29) is 29.9 Å². The van der Waals surface area contributed by atoms with E-state index < -0.39 is 17.5 Å². The molecule has 1 N–H and O–H groups in total. The monoisotopic (exact) mass is 320 g/mol. The number of halogens is 4. The molecule has 6 heteroatoms. The van der Waals surface area contributed by atoms with Crippen molar-refractivity contribution in [2.24, 2.45) is 5.92 Å². The Bertz CT molecular complexity index is 488. The molecule has 1 aromatic rings. The summed E-state index contributed by atoms with van der Waals surface area (Å²) in [6.07, 6.45) is 3.01. The fourth-order valence-corrected chi connectivity index (χ4v) is 3.25. The summed E-state index contributed by atoms with van der Waals surface area (Å²) < 4.78 is 41.7. The van der Waals surface area contributed by atoms with Crippen LogP contribution in [-0.2, 0) is 0 Å². The molecule has 0 unspecified atom stereocenters. The van der Waals surface area contributed by atoms with Crippen molar-refractivity contribution in [3.63, 3.8) is 0 Å². The van der Waals surface area contributed by atoms with Gasteiger partial charge in [-0.05, 0) is 30.9 Å². The van der Waals surface area contributed by atoms with E-state index >= 15 is 0 Å². The molecule has 1 saturated carbocycles. The Kier molecular flexibility index (Phi) is 5.52. The van der Waals surface area contributed by atoms with Crippen LogP contribution in [0.3, 0.4) is 0 Å². The molecular formula is C15H20ClF3N2. The topological polar surface area (TPSA) is 15.3 Å². The molecule has 21 heavy (non-hydrogen) atoms. The van der Waals surface area contributed by atoms with Gasteiger partial charge in [-0.2, -0.15) is 0 Å². The molecule has 1 aromatic carbocycles. The van der Waals surface area contributed by atoms with Crippen LogP contribution in [0.25, 0.3) is 0 Å². The van der Waals surface area contributed by atoms with Gasteiger partial charge >= 0.3 is 0 Å². The fraction of sp³-hybridized carbons (Fsp3) is 0.600. The molecule has 118 valence electrons. The van der Waals surface area contributed by atoms with Crippen molar-refractivity contribution in [1.82, 2.24) is 10.2 Å². The predicted octanol–water partition coefficient (Wildman–Crippen LogP) is 3.27. The lowest BCUT2D eigenvalue weighted by atomic mass is 9.76. The van der Waals surface area contributed by atoms with Gasteiger partial charge in [0.05, 0.1) is 0 Å². The number of rotatable bonds is 3. The maximum Gasteiger partial charge on any atom is 0.166 e. The van der Waals surface area contributed by atoms with Crippen LogP contribution < -0.4 is 5.32 Å². The Hall–Kier alpha value is -0.780. The molecule has 2 fully saturated rings. The van der Waals surface area contributed by atoms with Crippen LogP contribution in [0, 0.1) is 23.4 Å². The molecule has 2 aliphatic rings. The van der Waals surface area contributed by atoms with Crippen molar-refractivity contribution in [2.75, 3.05) is 26.2 Å². The van der Waals surface area contributed by atoms with Gasteiger partial charge in [0.25, 0.3) is 0 Å². The zero-order valence-corrected chi connectivity index (χ0v) is 12.6. The summed E-state index contributed by atoms with van der Waals surface area (Å²) in [4.78, 5) is 2.10. The molecule has 1 saturated heterocycles. The van der Waals surface area contributed by atoms with Crippen LogP contribution in [0.5, 0.6) is 0 Å². The first-order chi connectivity index (χ1) is 9.68. The van der Waals surface area contributed by atoms with Crippen molar-refractivity contribution in [1.29, 1.82) is 0 Å². The van der Waals surface area contributed by atoms with Gasteiger partial charge in [0.2, 0.25) is 0 Å². The Morgan fingerprint density at radius 2 is 1.67 bits per heavy atom. The van der Waals surface area contributed by atoms with Crippen molar-refractivity contribution in [2.45, 2.75) is 25.3 Å². The Balaban J connectivity index is 0.00000161. The van der Waals surface area contributed by atoms with Gasteiger partial charge in [-0.1, -0.05) is 6.42 Å². The minimum atomic E-state index is -1.01. The molecule has 1 aliphatic carbocycles. The first-order valence-electron chi connectivity index (χ1n) is 7.26. The Morgan fingerprint density at radius 1 is 1.05 bits per heavy atom. The van der Waals surface area contributed by atoms with Gasteiger partial charge in [0, 0.05) is 37.8 Å². The molecule has 0 spiro atoms. The maximum absolute atomic E-state index is 14.1. The highest BCUT2D eigenvalue weighted by Crippen LogP contribution is 2.43. The second-order valence-corrected chi connectivity index (χ2v) is 5.68. The van der Waals surface area contributed by atoms with Crippen LogP contribution in [0.2, 0.25) is 0 Å². The number of nitrogens with one attached hydrogen (secondary N) is 1. The lowest BCUT2D eigenvalue weighted by Crippen LogP contribution is -2.48. The third-order valence-electron chi connectivity index (χ3n) is 4.52. The van der Waals surface area contributed by atoms with Gasteiger partial charge in [0.15, 0.2) is 11.6 Å². The van der Waals surface area contributed by atoms with E-state index in [2.05, 4.69) is 10.2 Å². The Labute approximate surface area is 129 Å². The zero-order valence-electron chi connectivity index (χ0n) is 11.7. The van der Waals surface area contributed by atoms with Gasteiger partial charge < -0.3 is 5.32 Å². The summed E-state index contributed by atoms with van der Waals surface area (Å²) in [5.41, 5.74) is -0.0726. The Morgan fingerprint density at radius 3 is 2.24 bits per heavy atom. The highest BCUT2D eigenvalue weighted by Gasteiger charge is 2.37.